The average Bonchev–Trinajstić information content (AvgIpc) is 2.92. The van der Waals surface area contributed by atoms with Crippen LogP contribution in [0.25, 0.3) is 0 Å². The summed E-state index contributed by atoms with van der Waals surface area (Å²) in [6, 6.07) is 0. The molecule has 2 amide bonds. The van der Waals surface area contributed by atoms with Gasteiger partial charge in [0.2, 0.25) is 11.8 Å². The van der Waals surface area contributed by atoms with Crippen LogP contribution in [-0.4, -0.2) is 85.5 Å². The van der Waals surface area contributed by atoms with Crippen LogP contribution in [0.4, 0.5) is 0 Å². The molecule has 6 heteroatoms. The van der Waals surface area contributed by atoms with Crippen molar-refractivity contribution in [2.45, 2.75) is 18.4 Å². The maximum atomic E-state index is 12.7. The first-order valence-electron chi connectivity index (χ1n) is 7.43. The average molecular weight is 295 g/mol. The molecule has 0 aromatic carbocycles. The molecule has 0 aliphatic carbocycles. The second-order valence-corrected chi connectivity index (χ2v) is 5.80. The Morgan fingerprint density at radius 3 is 2.86 bits per heavy atom. The number of amides is 2. The van der Waals surface area contributed by atoms with Crippen molar-refractivity contribution in [2.24, 2.45) is 0 Å². The normalized spacial score (nSPS) is 26.7. The van der Waals surface area contributed by atoms with Gasteiger partial charge >= 0.3 is 0 Å². The summed E-state index contributed by atoms with van der Waals surface area (Å²) in [5.74, 6) is 0.186. The minimum atomic E-state index is -0.566. The molecule has 0 N–H and O–H groups in total. The molecule has 21 heavy (non-hydrogen) atoms. The van der Waals surface area contributed by atoms with Gasteiger partial charge in [-0.15, -0.1) is 6.58 Å². The zero-order chi connectivity index (χ0) is 15.5. The Bertz CT molecular complexity index is 426. The molecule has 2 rings (SSSR count). The summed E-state index contributed by atoms with van der Waals surface area (Å²) in [6.45, 7) is 7.56. The van der Waals surface area contributed by atoms with E-state index in [9.17, 15) is 9.59 Å². The molecule has 0 aromatic heterocycles. The Balaban J connectivity index is 2.13. The van der Waals surface area contributed by atoms with Gasteiger partial charge in [0.25, 0.3) is 0 Å². The Kier molecular flexibility index (Phi) is 5.00. The minimum Gasteiger partial charge on any atom is -0.384 e. The van der Waals surface area contributed by atoms with Gasteiger partial charge in [0.05, 0.1) is 13.0 Å². The monoisotopic (exact) mass is 295 g/mol. The SMILES string of the molecule is C=CCN1CCN(C)C(=O)[C@]12CCN(C(=O)CCOC)C2. The van der Waals surface area contributed by atoms with E-state index in [0.29, 0.717) is 39.1 Å². The number of methoxy groups -OCH3 is 1. The third kappa shape index (κ3) is 2.96. The number of ether oxygens (including phenoxy) is 1. The molecule has 6 nitrogen and oxygen atoms in total. The summed E-state index contributed by atoms with van der Waals surface area (Å²) in [6.07, 6.45) is 2.90. The van der Waals surface area contributed by atoms with E-state index < -0.39 is 5.54 Å². The Morgan fingerprint density at radius 1 is 1.43 bits per heavy atom. The van der Waals surface area contributed by atoms with E-state index in [1.54, 1.807) is 16.9 Å². The molecule has 2 saturated heterocycles. The van der Waals surface area contributed by atoms with Crippen LogP contribution >= 0.6 is 0 Å². The van der Waals surface area contributed by atoms with Crippen LogP contribution in [0.5, 0.6) is 0 Å². The lowest BCUT2D eigenvalue weighted by Crippen LogP contribution is -2.66. The van der Waals surface area contributed by atoms with E-state index in [1.807, 2.05) is 13.1 Å². The number of carbonyl (C=O) groups excluding carboxylic acids is 2. The number of hydrogen-bond acceptors (Lipinski definition) is 4. The first kappa shape index (κ1) is 16.0. The highest BCUT2D eigenvalue weighted by Crippen LogP contribution is 2.32. The first-order chi connectivity index (χ1) is 10.0. The lowest BCUT2D eigenvalue weighted by Gasteiger charge is -2.46. The van der Waals surface area contributed by atoms with Crippen LogP contribution in [-0.2, 0) is 14.3 Å². The van der Waals surface area contributed by atoms with Crippen molar-refractivity contribution in [2.75, 3.05) is 53.5 Å². The van der Waals surface area contributed by atoms with Gasteiger partial charge in [-0.3, -0.25) is 14.5 Å². The second-order valence-electron chi connectivity index (χ2n) is 5.80. The fourth-order valence-corrected chi connectivity index (χ4v) is 3.29. The van der Waals surface area contributed by atoms with Gasteiger partial charge < -0.3 is 14.5 Å². The largest absolute Gasteiger partial charge is 0.384 e. The van der Waals surface area contributed by atoms with Gasteiger partial charge in [0, 0.05) is 46.9 Å². The van der Waals surface area contributed by atoms with Crippen LogP contribution < -0.4 is 0 Å². The van der Waals surface area contributed by atoms with Gasteiger partial charge in [-0.05, 0) is 6.42 Å². The lowest BCUT2D eigenvalue weighted by molar-refractivity contribution is -0.148. The van der Waals surface area contributed by atoms with Crippen molar-refractivity contribution in [3.63, 3.8) is 0 Å². The molecule has 2 fully saturated rings. The van der Waals surface area contributed by atoms with Crippen molar-refractivity contribution < 1.29 is 14.3 Å². The highest BCUT2D eigenvalue weighted by atomic mass is 16.5. The van der Waals surface area contributed by atoms with Crippen molar-refractivity contribution in [1.29, 1.82) is 0 Å². The molecule has 0 aromatic rings. The van der Waals surface area contributed by atoms with E-state index in [-0.39, 0.29) is 11.8 Å². The molecule has 0 radical (unpaired) electrons. The van der Waals surface area contributed by atoms with Gasteiger partial charge in [0.15, 0.2) is 0 Å². The molecule has 1 atom stereocenters. The standard InChI is InChI=1S/C15H25N3O3/c1-4-7-18-10-9-16(2)14(20)15(18)6-8-17(12-15)13(19)5-11-21-3/h4H,1,5-12H2,2-3H3/t15-/m1/s1. The summed E-state index contributed by atoms with van der Waals surface area (Å²) >= 11 is 0. The summed E-state index contributed by atoms with van der Waals surface area (Å²) in [5.41, 5.74) is -0.566. The molecule has 0 unspecified atom stereocenters. The van der Waals surface area contributed by atoms with Gasteiger partial charge in [-0.2, -0.15) is 0 Å². The quantitative estimate of drug-likeness (QED) is 0.668. The van der Waals surface area contributed by atoms with Crippen molar-refractivity contribution in [3.05, 3.63) is 12.7 Å². The lowest BCUT2D eigenvalue weighted by atomic mass is 9.91. The minimum absolute atomic E-state index is 0.0632. The first-order valence-corrected chi connectivity index (χ1v) is 7.43. The van der Waals surface area contributed by atoms with Crippen LogP contribution in [0.3, 0.4) is 0 Å². The number of rotatable bonds is 5. The summed E-state index contributed by atoms with van der Waals surface area (Å²) in [5, 5.41) is 0. The van der Waals surface area contributed by atoms with Gasteiger partial charge in [-0.1, -0.05) is 6.08 Å². The number of piperazine rings is 1. The zero-order valence-electron chi connectivity index (χ0n) is 13.0. The second kappa shape index (κ2) is 6.58. The number of likely N-dealkylation sites (N-methyl/N-ethyl adjacent to an activating group) is 1. The molecule has 118 valence electrons. The number of likely N-dealkylation sites (tertiary alicyclic amines) is 1. The molecule has 0 bridgehead atoms. The predicted molar refractivity (Wildman–Crippen MR) is 79.8 cm³/mol. The summed E-state index contributed by atoms with van der Waals surface area (Å²) in [7, 11) is 3.43. The highest BCUT2D eigenvalue weighted by Gasteiger charge is 2.52. The highest BCUT2D eigenvalue weighted by molar-refractivity contribution is 5.89. The Morgan fingerprint density at radius 2 is 2.19 bits per heavy atom. The Labute approximate surface area is 126 Å². The molecule has 0 saturated carbocycles. The fraction of sp³-hybridized carbons (Fsp3) is 0.733. The predicted octanol–water partition coefficient (Wildman–Crippen LogP) is -0.0460. The third-order valence-corrected chi connectivity index (χ3v) is 4.53. The maximum absolute atomic E-state index is 12.7. The smallest absolute Gasteiger partial charge is 0.244 e. The number of nitrogens with zero attached hydrogens (tertiary/aromatic N) is 3. The van der Waals surface area contributed by atoms with Crippen molar-refractivity contribution in [1.82, 2.24) is 14.7 Å². The van der Waals surface area contributed by atoms with Crippen LogP contribution in [0.15, 0.2) is 12.7 Å². The Hall–Kier alpha value is -1.40. The summed E-state index contributed by atoms with van der Waals surface area (Å²) in [4.78, 5) is 30.6. The molecule has 2 aliphatic rings. The van der Waals surface area contributed by atoms with Crippen LogP contribution in [0, 0.1) is 0 Å². The van der Waals surface area contributed by atoms with E-state index in [0.717, 1.165) is 13.1 Å². The third-order valence-electron chi connectivity index (χ3n) is 4.53. The van der Waals surface area contributed by atoms with Gasteiger partial charge in [-0.25, -0.2) is 0 Å². The molecule has 2 heterocycles. The van der Waals surface area contributed by atoms with Crippen LogP contribution in [0.2, 0.25) is 0 Å². The van der Waals surface area contributed by atoms with E-state index in [1.165, 1.54) is 0 Å². The zero-order valence-corrected chi connectivity index (χ0v) is 13.0. The van der Waals surface area contributed by atoms with E-state index in [2.05, 4.69) is 11.5 Å². The van der Waals surface area contributed by atoms with Crippen molar-refractivity contribution >= 4 is 11.8 Å². The summed E-state index contributed by atoms with van der Waals surface area (Å²) < 4.78 is 4.96. The van der Waals surface area contributed by atoms with Crippen molar-refractivity contribution in [3.8, 4) is 0 Å². The van der Waals surface area contributed by atoms with E-state index in [4.69, 9.17) is 4.74 Å². The number of carbonyl (C=O) groups is 2. The van der Waals surface area contributed by atoms with Gasteiger partial charge in [0.1, 0.15) is 5.54 Å². The topological polar surface area (TPSA) is 53.1 Å². The maximum Gasteiger partial charge on any atom is 0.244 e. The molecule has 2 aliphatic heterocycles. The van der Waals surface area contributed by atoms with E-state index >= 15 is 0 Å². The molecular weight excluding hydrogens is 270 g/mol. The molecular formula is C15H25N3O3. The number of hydrogen-bond donors (Lipinski definition) is 0. The molecule has 1 spiro atoms. The van der Waals surface area contributed by atoms with Crippen LogP contribution in [0.1, 0.15) is 12.8 Å². The fourth-order valence-electron chi connectivity index (χ4n) is 3.29.